The molecule has 0 fully saturated rings. The minimum absolute atomic E-state index is 0.188. The number of halogens is 2. The minimum Gasteiger partial charge on any atom is -0.206 e. The highest BCUT2D eigenvalue weighted by molar-refractivity contribution is 7.17. The van der Waals surface area contributed by atoms with Gasteiger partial charge in [0.05, 0.1) is 0 Å². The van der Waals surface area contributed by atoms with Crippen molar-refractivity contribution in [3.05, 3.63) is 45.7 Å². The number of rotatable bonds is 2. The molecule has 0 saturated carbocycles. The first-order valence-electron chi connectivity index (χ1n) is 8.88. The van der Waals surface area contributed by atoms with Crippen LogP contribution >= 0.6 is 22.7 Å². The first-order valence-corrected chi connectivity index (χ1v) is 10.5. The largest absolute Gasteiger partial charge is 0.206 e. The summed E-state index contributed by atoms with van der Waals surface area (Å²) in [5, 5.41) is 1.81. The smallest absolute Gasteiger partial charge is 0.133 e. The molecule has 0 aliphatic heterocycles. The average molecular weight is 380 g/mol. The Morgan fingerprint density at radius 2 is 1.08 bits per heavy atom. The highest BCUT2D eigenvalue weighted by Gasteiger charge is 2.36. The van der Waals surface area contributed by atoms with E-state index in [0.717, 1.165) is 55.6 Å². The Bertz CT molecular complexity index is 1170. The van der Waals surface area contributed by atoms with Gasteiger partial charge in [0, 0.05) is 52.5 Å². The highest BCUT2D eigenvalue weighted by atomic mass is 32.1. The summed E-state index contributed by atoms with van der Waals surface area (Å²) in [6.45, 7) is 4.19. The fraction of sp³-hybridized carbons (Fsp3) is 0.182. The molecule has 0 unspecified atom stereocenters. The van der Waals surface area contributed by atoms with Gasteiger partial charge in [0.25, 0.3) is 0 Å². The molecule has 2 aliphatic carbocycles. The fourth-order valence-electron chi connectivity index (χ4n) is 4.44. The van der Waals surface area contributed by atoms with Crippen molar-refractivity contribution >= 4 is 33.4 Å². The molecule has 4 heteroatoms. The minimum atomic E-state index is -0.188. The molecule has 0 N–H and O–H groups in total. The van der Waals surface area contributed by atoms with E-state index >= 15 is 8.78 Å². The van der Waals surface area contributed by atoms with Gasteiger partial charge in [-0.2, -0.15) is 0 Å². The summed E-state index contributed by atoms with van der Waals surface area (Å²) in [4.78, 5) is 4.34. The van der Waals surface area contributed by atoms with Crippen LogP contribution in [-0.2, 0) is 12.8 Å². The van der Waals surface area contributed by atoms with Gasteiger partial charge in [-0.3, -0.25) is 0 Å². The van der Waals surface area contributed by atoms with E-state index in [2.05, 4.69) is 26.0 Å². The summed E-state index contributed by atoms with van der Waals surface area (Å²) >= 11 is 3.27. The van der Waals surface area contributed by atoms with Crippen molar-refractivity contribution in [2.24, 2.45) is 0 Å². The van der Waals surface area contributed by atoms with Gasteiger partial charge in [-0.05, 0) is 48.2 Å². The van der Waals surface area contributed by atoms with Crippen molar-refractivity contribution in [2.75, 3.05) is 0 Å². The molecule has 0 bridgehead atoms. The highest BCUT2D eigenvalue weighted by Crippen LogP contribution is 2.60. The Balaban J connectivity index is 1.80. The van der Waals surface area contributed by atoms with Crippen LogP contribution in [0.3, 0.4) is 0 Å². The second-order valence-electron chi connectivity index (χ2n) is 6.93. The average Bonchev–Trinajstić information content (AvgIpc) is 3.34. The van der Waals surface area contributed by atoms with Crippen molar-refractivity contribution < 1.29 is 8.78 Å². The third-order valence-electron chi connectivity index (χ3n) is 5.61. The van der Waals surface area contributed by atoms with Gasteiger partial charge in [0.15, 0.2) is 0 Å². The molecule has 2 aromatic heterocycles. The van der Waals surface area contributed by atoms with E-state index in [1.165, 1.54) is 9.75 Å². The van der Waals surface area contributed by atoms with Gasteiger partial charge in [-0.25, -0.2) is 8.78 Å². The molecular weight excluding hydrogens is 366 g/mol. The lowest BCUT2D eigenvalue weighted by atomic mass is 9.97. The Hall–Kier alpha value is -2.04. The molecular formula is C22H14F2S2. The summed E-state index contributed by atoms with van der Waals surface area (Å²) in [7, 11) is 0. The molecule has 0 atom stereocenters. The third kappa shape index (κ3) is 1.59. The SMILES string of the molecule is CCc1cc2c(s1)-c1c(F)cc3c4c(c(F)cc-2c14)-c1sc(CC)cc1-3. The predicted octanol–water partition coefficient (Wildman–Crippen LogP) is 7.66. The quantitative estimate of drug-likeness (QED) is 0.289. The Labute approximate surface area is 157 Å². The van der Waals surface area contributed by atoms with Crippen molar-refractivity contribution in [3.8, 4) is 43.1 Å². The van der Waals surface area contributed by atoms with Crippen LogP contribution in [0.4, 0.5) is 8.78 Å². The summed E-state index contributed by atoms with van der Waals surface area (Å²) in [5.74, 6) is -0.377. The normalized spacial score (nSPS) is 12.9. The van der Waals surface area contributed by atoms with E-state index in [1.54, 1.807) is 34.8 Å². The van der Waals surface area contributed by atoms with Crippen LogP contribution in [0.2, 0.25) is 0 Å². The van der Waals surface area contributed by atoms with Crippen molar-refractivity contribution in [2.45, 2.75) is 26.7 Å². The van der Waals surface area contributed by atoms with Crippen molar-refractivity contribution in [1.82, 2.24) is 0 Å². The lowest BCUT2D eigenvalue weighted by molar-refractivity contribution is 0.632. The van der Waals surface area contributed by atoms with Crippen LogP contribution in [0, 0.1) is 11.6 Å². The molecule has 128 valence electrons. The molecule has 6 rings (SSSR count). The molecule has 2 heterocycles. The molecule has 2 aromatic carbocycles. The lowest BCUT2D eigenvalue weighted by Gasteiger charge is -2.09. The molecule has 0 radical (unpaired) electrons. The van der Waals surface area contributed by atoms with E-state index in [4.69, 9.17) is 0 Å². The van der Waals surface area contributed by atoms with Gasteiger partial charge in [0.2, 0.25) is 0 Å². The predicted molar refractivity (Wildman–Crippen MR) is 107 cm³/mol. The fourth-order valence-corrected chi connectivity index (χ4v) is 6.77. The van der Waals surface area contributed by atoms with E-state index in [9.17, 15) is 0 Å². The number of thiophene rings is 2. The van der Waals surface area contributed by atoms with Crippen LogP contribution in [0.25, 0.3) is 53.9 Å². The zero-order chi connectivity index (χ0) is 17.7. The van der Waals surface area contributed by atoms with Gasteiger partial charge in [-0.15, -0.1) is 22.7 Å². The number of fused-ring (bicyclic) bond motifs is 6. The molecule has 0 amide bonds. The van der Waals surface area contributed by atoms with Gasteiger partial charge in [0.1, 0.15) is 11.6 Å². The number of aryl methyl sites for hydroxylation is 2. The van der Waals surface area contributed by atoms with E-state index < -0.39 is 0 Å². The summed E-state index contributed by atoms with van der Waals surface area (Å²) in [6.07, 6.45) is 1.82. The van der Waals surface area contributed by atoms with Crippen LogP contribution in [0.5, 0.6) is 0 Å². The van der Waals surface area contributed by atoms with E-state index in [1.807, 2.05) is 0 Å². The second-order valence-corrected chi connectivity index (χ2v) is 9.20. The standard InChI is InChI=1S/C22H14F2S2/c1-3-9-5-13-11-7-16(24)20-18-12(14-6-10(4-2)26-22(14)20)8-15(23)19(17(11)18)21(13)25-9/h5-8H,3-4H2,1-2H3. The maximum absolute atomic E-state index is 15.2. The number of benzene rings is 2. The molecule has 4 aromatic rings. The van der Waals surface area contributed by atoms with E-state index in [-0.39, 0.29) is 11.6 Å². The van der Waals surface area contributed by atoms with Crippen LogP contribution in [0.15, 0.2) is 24.3 Å². The molecule has 0 spiro atoms. The third-order valence-corrected chi connectivity index (χ3v) is 8.20. The topological polar surface area (TPSA) is 0 Å². The first-order chi connectivity index (χ1) is 12.6. The van der Waals surface area contributed by atoms with Crippen LogP contribution in [0.1, 0.15) is 23.6 Å². The molecule has 26 heavy (non-hydrogen) atoms. The van der Waals surface area contributed by atoms with E-state index in [0.29, 0.717) is 11.1 Å². The van der Waals surface area contributed by atoms with Crippen molar-refractivity contribution in [3.63, 3.8) is 0 Å². The number of hydrogen-bond acceptors (Lipinski definition) is 2. The van der Waals surface area contributed by atoms with Crippen molar-refractivity contribution in [1.29, 1.82) is 0 Å². The Morgan fingerprint density at radius 1 is 0.654 bits per heavy atom. The maximum atomic E-state index is 15.2. The lowest BCUT2D eigenvalue weighted by Crippen LogP contribution is -1.88. The first kappa shape index (κ1) is 15.1. The zero-order valence-electron chi connectivity index (χ0n) is 14.3. The monoisotopic (exact) mass is 380 g/mol. The van der Waals surface area contributed by atoms with Crippen LogP contribution < -0.4 is 0 Å². The molecule has 0 saturated heterocycles. The van der Waals surface area contributed by atoms with Gasteiger partial charge < -0.3 is 0 Å². The zero-order valence-corrected chi connectivity index (χ0v) is 15.9. The molecule has 2 aliphatic rings. The van der Waals surface area contributed by atoms with Gasteiger partial charge >= 0.3 is 0 Å². The summed E-state index contributed by atoms with van der Waals surface area (Å²) < 4.78 is 30.4. The Morgan fingerprint density at radius 3 is 1.46 bits per heavy atom. The Kier molecular flexibility index (Phi) is 2.79. The molecule has 0 nitrogen and oxygen atoms in total. The summed E-state index contributed by atoms with van der Waals surface area (Å²) in [6, 6.07) is 7.47. The van der Waals surface area contributed by atoms with Crippen LogP contribution in [-0.4, -0.2) is 0 Å². The second kappa shape index (κ2) is 4.81. The summed E-state index contributed by atoms with van der Waals surface area (Å²) in [5.41, 5.74) is 5.04. The van der Waals surface area contributed by atoms with Gasteiger partial charge in [-0.1, -0.05) is 13.8 Å². The number of hydrogen-bond donors (Lipinski definition) is 0. The maximum Gasteiger partial charge on any atom is 0.133 e.